The van der Waals surface area contributed by atoms with Crippen molar-refractivity contribution >= 4 is 5.57 Å². The van der Waals surface area contributed by atoms with Gasteiger partial charge in [-0.2, -0.15) is 5.10 Å². The lowest BCUT2D eigenvalue weighted by Gasteiger charge is -2.18. The quantitative estimate of drug-likeness (QED) is 0.790. The van der Waals surface area contributed by atoms with Crippen LogP contribution in [0.2, 0.25) is 0 Å². The van der Waals surface area contributed by atoms with Gasteiger partial charge in [0, 0.05) is 30.0 Å². The van der Waals surface area contributed by atoms with Crippen LogP contribution in [0.3, 0.4) is 0 Å². The normalized spacial score (nSPS) is 19.8. The van der Waals surface area contributed by atoms with Crippen LogP contribution in [-0.2, 0) is 4.74 Å². The largest absolute Gasteiger partial charge is 0.508 e. The van der Waals surface area contributed by atoms with Gasteiger partial charge in [0.05, 0.1) is 0 Å². The van der Waals surface area contributed by atoms with Gasteiger partial charge in [-0.3, -0.25) is 5.10 Å². The SMILES string of the molecule is COC1(C)C=CC=C(c2c(-c3cc(C)c(O)cc3O)n[nH]c2C)C=C1. The molecule has 1 heterocycles. The van der Waals surface area contributed by atoms with Crippen molar-refractivity contribution in [1.82, 2.24) is 10.2 Å². The highest BCUT2D eigenvalue weighted by molar-refractivity contribution is 5.88. The molecule has 0 bridgehead atoms. The summed E-state index contributed by atoms with van der Waals surface area (Å²) in [5.74, 6) is 0.0498. The van der Waals surface area contributed by atoms with Crippen LogP contribution in [0, 0.1) is 13.8 Å². The highest BCUT2D eigenvalue weighted by Gasteiger charge is 2.21. The lowest BCUT2D eigenvalue weighted by molar-refractivity contribution is 0.0909. The second-order valence-electron chi connectivity index (χ2n) is 6.43. The number of ether oxygens (including phenoxy) is 1. The van der Waals surface area contributed by atoms with Crippen molar-refractivity contribution in [2.24, 2.45) is 0 Å². The Morgan fingerprint density at radius 2 is 1.88 bits per heavy atom. The minimum absolute atomic E-state index is 0.00803. The van der Waals surface area contributed by atoms with Crippen molar-refractivity contribution in [2.45, 2.75) is 26.4 Å². The number of rotatable bonds is 3. The predicted octanol–water partition coefficient (Wildman–Crippen LogP) is 4.02. The highest BCUT2D eigenvalue weighted by Crippen LogP contribution is 2.39. The molecule has 130 valence electrons. The average molecular weight is 338 g/mol. The number of aryl methyl sites for hydroxylation is 2. The van der Waals surface area contributed by atoms with Gasteiger partial charge in [-0.1, -0.05) is 18.2 Å². The van der Waals surface area contributed by atoms with Crippen LogP contribution < -0.4 is 0 Å². The molecule has 0 saturated heterocycles. The Morgan fingerprint density at radius 1 is 1.12 bits per heavy atom. The first kappa shape index (κ1) is 17.0. The summed E-state index contributed by atoms with van der Waals surface area (Å²) < 4.78 is 5.52. The van der Waals surface area contributed by atoms with Crippen molar-refractivity contribution in [3.05, 3.63) is 59.3 Å². The summed E-state index contributed by atoms with van der Waals surface area (Å²) in [6.45, 7) is 5.71. The van der Waals surface area contributed by atoms with Crippen molar-refractivity contribution < 1.29 is 14.9 Å². The molecule has 0 fully saturated rings. The van der Waals surface area contributed by atoms with Crippen LogP contribution in [0.4, 0.5) is 0 Å². The first-order valence-corrected chi connectivity index (χ1v) is 8.07. The fraction of sp³-hybridized carbons (Fsp3) is 0.250. The topological polar surface area (TPSA) is 78.4 Å². The minimum Gasteiger partial charge on any atom is -0.508 e. The Bertz CT molecular complexity index is 906. The fourth-order valence-corrected chi connectivity index (χ4v) is 2.86. The molecule has 25 heavy (non-hydrogen) atoms. The molecular weight excluding hydrogens is 316 g/mol. The molecular formula is C20H22N2O3. The van der Waals surface area contributed by atoms with E-state index in [2.05, 4.69) is 10.2 Å². The van der Waals surface area contributed by atoms with Gasteiger partial charge in [0.15, 0.2) is 0 Å². The number of benzene rings is 1. The van der Waals surface area contributed by atoms with Gasteiger partial charge in [-0.05, 0) is 50.1 Å². The first-order chi connectivity index (χ1) is 11.8. The number of hydrogen-bond donors (Lipinski definition) is 3. The smallest absolute Gasteiger partial charge is 0.128 e. The number of phenolic OH excluding ortho intramolecular Hbond substituents is 2. The van der Waals surface area contributed by atoms with E-state index in [0.29, 0.717) is 16.8 Å². The maximum Gasteiger partial charge on any atom is 0.128 e. The molecule has 0 amide bonds. The lowest BCUT2D eigenvalue weighted by Crippen LogP contribution is -2.20. The van der Waals surface area contributed by atoms with E-state index in [1.165, 1.54) is 6.07 Å². The third-order valence-electron chi connectivity index (χ3n) is 4.54. The Morgan fingerprint density at radius 3 is 2.60 bits per heavy atom. The van der Waals surface area contributed by atoms with Crippen LogP contribution >= 0.6 is 0 Å². The third-order valence-corrected chi connectivity index (χ3v) is 4.54. The Hall–Kier alpha value is -2.79. The molecule has 3 N–H and O–H groups in total. The van der Waals surface area contributed by atoms with E-state index in [9.17, 15) is 10.2 Å². The molecule has 1 unspecified atom stereocenters. The molecule has 0 spiro atoms. The van der Waals surface area contributed by atoms with E-state index in [-0.39, 0.29) is 11.5 Å². The summed E-state index contributed by atoms with van der Waals surface area (Å²) in [5, 5.41) is 27.5. The van der Waals surface area contributed by atoms with Gasteiger partial charge < -0.3 is 14.9 Å². The Labute approximate surface area is 147 Å². The third kappa shape index (κ3) is 3.10. The van der Waals surface area contributed by atoms with Gasteiger partial charge >= 0.3 is 0 Å². The summed E-state index contributed by atoms with van der Waals surface area (Å²) in [6, 6.07) is 3.08. The van der Waals surface area contributed by atoms with E-state index in [0.717, 1.165) is 16.8 Å². The van der Waals surface area contributed by atoms with Crippen LogP contribution in [-0.4, -0.2) is 33.1 Å². The van der Waals surface area contributed by atoms with E-state index < -0.39 is 5.60 Å². The number of hydrogen-bond acceptors (Lipinski definition) is 4. The molecule has 1 aliphatic rings. The molecule has 1 aromatic carbocycles. The van der Waals surface area contributed by atoms with Crippen molar-refractivity contribution in [3.8, 4) is 22.8 Å². The lowest BCUT2D eigenvalue weighted by atomic mass is 9.96. The number of aromatic nitrogens is 2. The number of aromatic amines is 1. The summed E-state index contributed by atoms with van der Waals surface area (Å²) in [6.07, 6.45) is 9.91. The minimum atomic E-state index is -0.465. The molecule has 3 rings (SSSR count). The maximum absolute atomic E-state index is 10.3. The summed E-state index contributed by atoms with van der Waals surface area (Å²) >= 11 is 0. The zero-order valence-corrected chi connectivity index (χ0v) is 14.8. The number of H-pyrrole nitrogens is 1. The van der Waals surface area contributed by atoms with Crippen molar-refractivity contribution in [1.29, 1.82) is 0 Å². The van der Waals surface area contributed by atoms with Crippen LogP contribution in [0.1, 0.15) is 23.7 Å². The maximum atomic E-state index is 10.3. The number of phenols is 2. The molecule has 1 aromatic heterocycles. The summed E-state index contributed by atoms with van der Waals surface area (Å²) in [5.41, 5.74) is 4.19. The standard InChI is InChI=1S/C20H22N2O3/c1-12-10-15(17(24)11-16(12)23)19-18(13(2)21-22-19)14-6-5-8-20(3,25-4)9-7-14/h5-11,23-24H,1-4H3,(H,21,22). The molecule has 0 saturated carbocycles. The molecule has 0 radical (unpaired) electrons. The van der Waals surface area contributed by atoms with Gasteiger partial charge in [0.2, 0.25) is 0 Å². The van der Waals surface area contributed by atoms with E-state index in [4.69, 9.17) is 4.74 Å². The zero-order valence-electron chi connectivity index (χ0n) is 14.8. The first-order valence-electron chi connectivity index (χ1n) is 8.07. The number of methoxy groups -OCH3 is 1. The van der Waals surface area contributed by atoms with E-state index in [1.54, 1.807) is 20.1 Å². The highest BCUT2D eigenvalue weighted by atomic mass is 16.5. The molecule has 1 aliphatic carbocycles. The van der Waals surface area contributed by atoms with Gasteiger partial charge in [-0.15, -0.1) is 0 Å². The van der Waals surface area contributed by atoms with Crippen LogP contribution in [0.5, 0.6) is 11.5 Å². The average Bonchev–Trinajstić information content (AvgIpc) is 2.84. The predicted molar refractivity (Wildman–Crippen MR) is 98.5 cm³/mol. The van der Waals surface area contributed by atoms with Gasteiger partial charge in [0.1, 0.15) is 22.8 Å². The second kappa shape index (κ2) is 6.26. The number of allylic oxidation sites excluding steroid dienone is 4. The van der Waals surface area contributed by atoms with Gasteiger partial charge in [-0.25, -0.2) is 0 Å². The monoisotopic (exact) mass is 338 g/mol. The van der Waals surface area contributed by atoms with E-state index >= 15 is 0 Å². The molecule has 5 nitrogen and oxygen atoms in total. The summed E-state index contributed by atoms with van der Waals surface area (Å²) in [4.78, 5) is 0. The molecule has 5 heteroatoms. The van der Waals surface area contributed by atoms with Crippen LogP contribution in [0.15, 0.2) is 42.5 Å². The zero-order chi connectivity index (χ0) is 18.2. The Balaban J connectivity index is 2.14. The fourth-order valence-electron chi connectivity index (χ4n) is 2.86. The number of nitrogens with zero attached hydrogens (tertiary/aromatic N) is 1. The second-order valence-corrected chi connectivity index (χ2v) is 6.43. The number of nitrogens with one attached hydrogen (secondary N) is 1. The molecule has 1 atom stereocenters. The number of aromatic hydroxyl groups is 2. The Kier molecular flexibility index (Phi) is 4.27. The van der Waals surface area contributed by atoms with Crippen molar-refractivity contribution in [2.75, 3.05) is 7.11 Å². The van der Waals surface area contributed by atoms with Crippen LogP contribution in [0.25, 0.3) is 16.8 Å². The summed E-state index contributed by atoms with van der Waals surface area (Å²) in [7, 11) is 1.67. The van der Waals surface area contributed by atoms with E-state index in [1.807, 2.05) is 44.2 Å². The molecule has 0 aliphatic heterocycles. The van der Waals surface area contributed by atoms with Crippen molar-refractivity contribution in [3.63, 3.8) is 0 Å². The molecule has 2 aromatic rings. The van der Waals surface area contributed by atoms with Gasteiger partial charge in [0.25, 0.3) is 0 Å².